The van der Waals surface area contributed by atoms with E-state index < -0.39 is 0 Å². The van der Waals surface area contributed by atoms with Gasteiger partial charge < -0.3 is 5.73 Å². The molecule has 0 aliphatic heterocycles. The monoisotopic (exact) mass is 211 g/mol. The molecule has 0 bridgehead atoms. The van der Waals surface area contributed by atoms with Crippen molar-refractivity contribution in [2.45, 2.75) is 65.2 Å². The SMILES string of the molecule is CC1CCCCCC(C)(C(N)=O)CCC1. The lowest BCUT2D eigenvalue weighted by Crippen LogP contribution is -2.34. The molecule has 88 valence electrons. The topological polar surface area (TPSA) is 43.1 Å². The maximum absolute atomic E-state index is 11.4. The molecule has 1 aliphatic carbocycles. The molecule has 0 aromatic rings. The summed E-state index contributed by atoms with van der Waals surface area (Å²) in [4.78, 5) is 11.4. The molecule has 0 saturated heterocycles. The number of carbonyl (C=O) groups excluding carboxylic acids is 1. The Kier molecular flexibility index (Phi) is 4.62. The minimum atomic E-state index is -0.239. The molecule has 0 radical (unpaired) electrons. The first-order valence-corrected chi connectivity index (χ1v) is 6.34. The van der Waals surface area contributed by atoms with Gasteiger partial charge in [-0.3, -0.25) is 4.79 Å². The van der Waals surface area contributed by atoms with Crippen LogP contribution < -0.4 is 5.73 Å². The Morgan fingerprint density at radius 1 is 1.13 bits per heavy atom. The molecular formula is C13H25NO. The summed E-state index contributed by atoms with van der Waals surface area (Å²) in [6.07, 6.45) is 9.45. The van der Waals surface area contributed by atoms with Gasteiger partial charge in [0.05, 0.1) is 0 Å². The van der Waals surface area contributed by atoms with Gasteiger partial charge in [-0.05, 0) is 18.8 Å². The molecule has 2 heteroatoms. The van der Waals surface area contributed by atoms with Crippen molar-refractivity contribution >= 4 is 5.91 Å². The number of carbonyl (C=O) groups is 1. The van der Waals surface area contributed by atoms with Crippen LogP contribution in [-0.4, -0.2) is 5.91 Å². The van der Waals surface area contributed by atoms with Crippen molar-refractivity contribution in [1.29, 1.82) is 0 Å². The van der Waals surface area contributed by atoms with Crippen molar-refractivity contribution < 1.29 is 4.79 Å². The molecule has 0 aromatic heterocycles. The van der Waals surface area contributed by atoms with Crippen LogP contribution in [0.15, 0.2) is 0 Å². The normalized spacial score (nSPS) is 34.7. The molecule has 0 aromatic carbocycles. The Morgan fingerprint density at radius 2 is 1.73 bits per heavy atom. The highest BCUT2D eigenvalue weighted by molar-refractivity contribution is 5.80. The Balaban J connectivity index is 2.54. The third kappa shape index (κ3) is 3.84. The number of nitrogens with two attached hydrogens (primary N) is 1. The first-order valence-electron chi connectivity index (χ1n) is 6.34. The third-order valence-electron chi connectivity index (χ3n) is 3.95. The lowest BCUT2D eigenvalue weighted by molar-refractivity contribution is -0.127. The van der Waals surface area contributed by atoms with Crippen molar-refractivity contribution in [3.63, 3.8) is 0 Å². The van der Waals surface area contributed by atoms with Gasteiger partial charge in [0.25, 0.3) is 0 Å². The first-order chi connectivity index (χ1) is 7.04. The molecule has 1 amide bonds. The van der Waals surface area contributed by atoms with Crippen LogP contribution in [0.2, 0.25) is 0 Å². The maximum Gasteiger partial charge on any atom is 0.223 e. The summed E-state index contributed by atoms with van der Waals surface area (Å²) in [5.41, 5.74) is 5.27. The van der Waals surface area contributed by atoms with Gasteiger partial charge in [0.2, 0.25) is 5.91 Å². The van der Waals surface area contributed by atoms with E-state index >= 15 is 0 Å². The van der Waals surface area contributed by atoms with E-state index in [1.807, 2.05) is 6.92 Å². The van der Waals surface area contributed by atoms with Crippen LogP contribution in [0, 0.1) is 11.3 Å². The molecule has 2 N–H and O–H groups in total. The summed E-state index contributed by atoms with van der Waals surface area (Å²) in [5.74, 6) is 0.718. The van der Waals surface area contributed by atoms with Gasteiger partial charge in [-0.15, -0.1) is 0 Å². The summed E-state index contributed by atoms with van der Waals surface area (Å²) >= 11 is 0. The number of hydrogen-bond donors (Lipinski definition) is 1. The van der Waals surface area contributed by atoms with Gasteiger partial charge in [0.1, 0.15) is 0 Å². The minimum Gasteiger partial charge on any atom is -0.369 e. The minimum absolute atomic E-state index is 0.101. The van der Waals surface area contributed by atoms with Crippen LogP contribution >= 0.6 is 0 Å². The molecule has 15 heavy (non-hydrogen) atoms. The van der Waals surface area contributed by atoms with Crippen molar-refractivity contribution in [3.8, 4) is 0 Å². The Morgan fingerprint density at radius 3 is 2.40 bits per heavy atom. The summed E-state index contributed by atoms with van der Waals surface area (Å²) in [5, 5.41) is 0. The molecular weight excluding hydrogens is 186 g/mol. The smallest absolute Gasteiger partial charge is 0.223 e. The van der Waals surface area contributed by atoms with Crippen molar-refractivity contribution in [1.82, 2.24) is 0 Å². The quantitative estimate of drug-likeness (QED) is 0.711. The number of hydrogen-bond acceptors (Lipinski definition) is 1. The largest absolute Gasteiger partial charge is 0.369 e. The highest BCUT2D eigenvalue weighted by Crippen LogP contribution is 2.33. The lowest BCUT2D eigenvalue weighted by Gasteiger charge is -2.27. The predicted molar refractivity (Wildman–Crippen MR) is 63.4 cm³/mol. The van der Waals surface area contributed by atoms with Crippen LogP contribution in [0.25, 0.3) is 0 Å². The van der Waals surface area contributed by atoms with Crippen LogP contribution in [0.4, 0.5) is 0 Å². The Hall–Kier alpha value is -0.530. The standard InChI is InChI=1S/C13H25NO/c1-11-7-4-3-5-9-13(2,12(14)15)10-6-8-11/h11H,3-10H2,1-2H3,(H2,14,15). The number of amides is 1. The molecule has 2 atom stereocenters. The average molecular weight is 211 g/mol. The average Bonchev–Trinajstić information content (AvgIpc) is 2.17. The second kappa shape index (κ2) is 5.53. The molecule has 0 heterocycles. The molecule has 1 saturated carbocycles. The zero-order chi connectivity index (χ0) is 11.3. The first kappa shape index (κ1) is 12.5. The second-order valence-electron chi connectivity index (χ2n) is 5.52. The highest BCUT2D eigenvalue weighted by Gasteiger charge is 2.30. The van der Waals surface area contributed by atoms with Gasteiger partial charge in [0, 0.05) is 5.41 Å². The van der Waals surface area contributed by atoms with Crippen LogP contribution in [0.3, 0.4) is 0 Å². The maximum atomic E-state index is 11.4. The number of rotatable bonds is 1. The van der Waals surface area contributed by atoms with E-state index in [0.717, 1.165) is 31.6 Å². The van der Waals surface area contributed by atoms with Gasteiger partial charge in [-0.2, -0.15) is 0 Å². The lowest BCUT2D eigenvalue weighted by atomic mass is 9.77. The van der Waals surface area contributed by atoms with Crippen molar-refractivity contribution in [2.24, 2.45) is 17.1 Å². The highest BCUT2D eigenvalue weighted by atomic mass is 16.1. The van der Waals surface area contributed by atoms with E-state index in [1.54, 1.807) is 0 Å². The summed E-state index contributed by atoms with van der Waals surface area (Å²) in [6, 6.07) is 0. The van der Waals surface area contributed by atoms with E-state index in [-0.39, 0.29) is 11.3 Å². The fourth-order valence-corrected chi connectivity index (χ4v) is 2.54. The molecule has 2 unspecified atom stereocenters. The Labute approximate surface area is 93.6 Å². The molecule has 2 nitrogen and oxygen atoms in total. The van der Waals surface area contributed by atoms with Crippen LogP contribution in [0.1, 0.15) is 65.2 Å². The predicted octanol–water partition coefficient (Wildman–Crippen LogP) is 3.25. The fraction of sp³-hybridized carbons (Fsp3) is 0.923. The summed E-state index contributed by atoms with van der Waals surface area (Å²) in [7, 11) is 0. The van der Waals surface area contributed by atoms with E-state index in [1.165, 1.54) is 25.7 Å². The number of primary amides is 1. The van der Waals surface area contributed by atoms with E-state index in [0.29, 0.717) is 0 Å². The summed E-state index contributed by atoms with van der Waals surface area (Å²) < 4.78 is 0. The molecule has 1 rings (SSSR count). The second-order valence-corrected chi connectivity index (χ2v) is 5.52. The van der Waals surface area contributed by atoms with Gasteiger partial charge >= 0.3 is 0 Å². The fourth-order valence-electron chi connectivity index (χ4n) is 2.54. The zero-order valence-electron chi connectivity index (χ0n) is 10.2. The van der Waals surface area contributed by atoms with E-state index in [9.17, 15) is 4.79 Å². The van der Waals surface area contributed by atoms with Crippen molar-refractivity contribution in [3.05, 3.63) is 0 Å². The molecule has 1 aliphatic rings. The van der Waals surface area contributed by atoms with Crippen LogP contribution in [-0.2, 0) is 4.79 Å². The van der Waals surface area contributed by atoms with E-state index in [2.05, 4.69) is 6.92 Å². The molecule has 1 fully saturated rings. The Bertz CT molecular complexity index is 215. The van der Waals surface area contributed by atoms with Crippen LogP contribution in [0.5, 0.6) is 0 Å². The third-order valence-corrected chi connectivity index (χ3v) is 3.95. The van der Waals surface area contributed by atoms with Gasteiger partial charge in [0.15, 0.2) is 0 Å². The van der Waals surface area contributed by atoms with E-state index in [4.69, 9.17) is 5.73 Å². The zero-order valence-corrected chi connectivity index (χ0v) is 10.2. The van der Waals surface area contributed by atoms with Gasteiger partial charge in [-0.25, -0.2) is 0 Å². The molecule has 0 spiro atoms. The summed E-state index contributed by atoms with van der Waals surface area (Å²) in [6.45, 7) is 4.37. The van der Waals surface area contributed by atoms with Crippen molar-refractivity contribution in [2.75, 3.05) is 0 Å². The van der Waals surface area contributed by atoms with Gasteiger partial charge in [-0.1, -0.05) is 52.4 Å².